The Kier molecular flexibility index (Phi) is 4.33. The lowest BCUT2D eigenvalue weighted by atomic mass is 9.98. The van der Waals surface area contributed by atoms with Crippen molar-refractivity contribution in [2.45, 2.75) is 6.92 Å². The van der Waals surface area contributed by atoms with E-state index in [-0.39, 0.29) is 11.3 Å². The van der Waals surface area contributed by atoms with Crippen molar-refractivity contribution in [1.82, 2.24) is 14.6 Å². The highest BCUT2D eigenvalue weighted by Gasteiger charge is 2.19. The summed E-state index contributed by atoms with van der Waals surface area (Å²) < 4.78 is 1.30. The topological polar surface area (TPSA) is 145 Å². The fraction of sp³-hybridized carbons (Fsp3) is 0.0476. The molecule has 0 unspecified atom stereocenters. The lowest BCUT2D eigenvalue weighted by molar-refractivity contribution is 0.871. The molecule has 0 aliphatic carbocycles. The molecule has 0 radical (unpaired) electrons. The quantitative estimate of drug-likeness (QED) is 0.357. The molecule has 0 saturated carbocycles. The second kappa shape index (κ2) is 6.98. The van der Waals surface area contributed by atoms with Crippen molar-refractivity contribution in [1.29, 1.82) is 5.26 Å². The number of nitrogens with two attached hydrogens (primary N) is 3. The van der Waals surface area contributed by atoms with Crippen LogP contribution in [-0.4, -0.2) is 14.6 Å². The van der Waals surface area contributed by atoms with E-state index in [1.807, 2.05) is 37.3 Å². The number of nitrogen functional groups attached to an aromatic ring is 2. The summed E-state index contributed by atoms with van der Waals surface area (Å²) >= 11 is 0. The fourth-order valence-corrected chi connectivity index (χ4v) is 3.38. The number of anilines is 1. The van der Waals surface area contributed by atoms with Crippen LogP contribution >= 0.6 is 0 Å². The highest BCUT2D eigenvalue weighted by atomic mass is 15.3. The smallest absolute Gasteiger partial charge is 0.213 e. The zero-order valence-electron chi connectivity index (χ0n) is 15.7. The number of aryl methyl sites for hydroxylation is 1. The van der Waals surface area contributed by atoms with Gasteiger partial charge >= 0.3 is 0 Å². The first-order valence-electron chi connectivity index (χ1n) is 8.82. The predicted octanol–water partition coefficient (Wildman–Crippen LogP) is 2.02. The van der Waals surface area contributed by atoms with Gasteiger partial charge in [0.1, 0.15) is 5.69 Å². The van der Waals surface area contributed by atoms with E-state index in [9.17, 15) is 5.26 Å². The van der Waals surface area contributed by atoms with Gasteiger partial charge in [0.05, 0.1) is 22.8 Å². The van der Waals surface area contributed by atoms with E-state index in [4.69, 9.17) is 17.4 Å². The third-order valence-electron chi connectivity index (χ3n) is 4.81. The SMILES string of the molecule is Cc1ccnc2ccc(-c3c(-c4ccccc4C#N)nc(N)/c(=N/N)n3N)cc12. The predicted molar refractivity (Wildman–Crippen MR) is 112 cm³/mol. The molecule has 0 bridgehead atoms. The van der Waals surface area contributed by atoms with Crippen molar-refractivity contribution >= 4 is 16.7 Å². The van der Waals surface area contributed by atoms with Crippen LogP contribution in [-0.2, 0) is 0 Å². The van der Waals surface area contributed by atoms with Crippen LogP contribution in [0.5, 0.6) is 0 Å². The van der Waals surface area contributed by atoms with Crippen LogP contribution in [0.1, 0.15) is 11.1 Å². The largest absolute Gasteiger partial charge is 0.380 e. The molecule has 8 heteroatoms. The fourth-order valence-electron chi connectivity index (χ4n) is 3.38. The van der Waals surface area contributed by atoms with Gasteiger partial charge < -0.3 is 17.4 Å². The van der Waals surface area contributed by atoms with Crippen LogP contribution in [0.4, 0.5) is 5.82 Å². The Morgan fingerprint density at radius 3 is 2.69 bits per heavy atom. The van der Waals surface area contributed by atoms with Gasteiger partial charge in [0.15, 0.2) is 5.82 Å². The molecule has 0 aliphatic heterocycles. The minimum absolute atomic E-state index is 0.0696. The van der Waals surface area contributed by atoms with E-state index in [0.29, 0.717) is 22.5 Å². The molecular weight excluding hydrogens is 364 g/mol. The first-order chi connectivity index (χ1) is 14.0. The van der Waals surface area contributed by atoms with Gasteiger partial charge in [0.25, 0.3) is 0 Å². The van der Waals surface area contributed by atoms with Gasteiger partial charge in [0, 0.05) is 22.7 Å². The second-order valence-electron chi connectivity index (χ2n) is 6.53. The Balaban J connectivity index is 2.13. The molecule has 0 aliphatic rings. The molecule has 2 aromatic heterocycles. The number of pyridine rings is 1. The summed E-state index contributed by atoms with van der Waals surface area (Å²) in [4.78, 5) is 8.90. The third-order valence-corrected chi connectivity index (χ3v) is 4.81. The van der Waals surface area contributed by atoms with Crippen molar-refractivity contribution in [3.05, 3.63) is 71.3 Å². The molecule has 0 saturated heterocycles. The molecule has 4 rings (SSSR count). The molecule has 6 N–H and O–H groups in total. The van der Waals surface area contributed by atoms with E-state index < -0.39 is 0 Å². The number of aromatic nitrogens is 3. The Hall–Kier alpha value is -4.38. The van der Waals surface area contributed by atoms with Gasteiger partial charge in [-0.1, -0.05) is 24.3 Å². The number of hydrogen-bond donors (Lipinski definition) is 3. The second-order valence-corrected chi connectivity index (χ2v) is 6.53. The number of benzene rings is 2. The molecule has 142 valence electrons. The van der Waals surface area contributed by atoms with Crippen LogP contribution in [0.15, 0.2) is 59.8 Å². The van der Waals surface area contributed by atoms with Crippen LogP contribution in [0.25, 0.3) is 33.4 Å². The molecular formula is C21H18N8. The van der Waals surface area contributed by atoms with Gasteiger partial charge in [-0.2, -0.15) is 10.4 Å². The highest BCUT2D eigenvalue weighted by Crippen LogP contribution is 2.33. The van der Waals surface area contributed by atoms with E-state index in [1.54, 1.807) is 24.4 Å². The Labute approximate surface area is 166 Å². The molecule has 2 aromatic carbocycles. The van der Waals surface area contributed by atoms with E-state index in [1.165, 1.54) is 4.68 Å². The number of fused-ring (bicyclic) bond motifs is 1. The molecule has 0 spiro atoms. The normalized spacial score (nSPS) is 11.5. The van der Waals surface area contributed by atoms with Crippen LogP contribution in [0.2, 0.25) is 0 Å². The van der Waals surface area contributed by atoms with Gasteiger partial charge in [0.2, 0.25) is 5.49 Å². The van der Waals surface area contributed by atoms with Crippen molar-refractivity contribution in [3.63, 3.8) is 0 Å². The molecule has 4 aromatic rings. The van der Waals surface area contributed by atoms with Crippen molar-refractivity contribution < 1.29 is 0 Å². The van der Waals surface area contributed by atoms with E-state index in [0.717, 1.165) is 22.0 Å². The summed E-state index contributed by atoms with van der Waals surface area (Å²) in [6.07, 6.45) is 1.77. The van der Waals surface area contributed by atoms with Gasteiger partial charge in [-0.3, -0.25) is 4.98 Å². The third kappa shape index (κ3) is 2.91. The zero-order chi connectivity index (χ0) is 20.5. The maximum absolute atomic E-state index is 9.56. The number of nitriles is 1. The lowest BCUT2D eigenvalue weighted by Crippen LogP contribution is -2.34. The van der Waals surface area contributed by atoms with Gasteiger partial charge in [-0.25, -0.2) is 9.66 Å². The highest BCUT2D eigenvalue weighted by molar-refractivity contribution is 5.90. The number of hydrogen-bond acceptors (Lipinski definition) is 7. The van der Waals surface area contributed by atoms with Crippen LogP contribution in [0.3, 0.4) is 0 Å². The maximum atomic E-state index is 9.56. The summed E-state index contributed by atoms with van der Waals surface area (Å²) in [7, 11) is 0. The molecule has 0 fully saturated rings. The number of rotatable bonds is 2. The monoisotopic (exact) mass is 382 g/mol. The summed E-state index contributed by atoms with van der Waals surface area (Å²) in [5, 5.41) is 14.2. The average molecular weight is 382 g/mol. The molecule has 29 heavy (non-hydrogen) atoms. The first-order valence-corrected chi connectivity index (χ1v) is 8.82. The molecule has 0 atom stereocenters. The van der Waals surface area contributed by atoms with Gasteiger partial charge in [-0.05, 0) is 36.8 Å². The molecule has 2 heterocycles. The Bertz CT molecular complexity index is 1360. The maximum Gasteiger partial charge on any atom is 0.213 e. The zero-order valence-corrected chi connectivity index (χ0v) is 15.7. The van der Waals surface area contributed by atoms with Crippen molar-refractivity contribution in [2.24, 2.45) is 10.9 Å². The Morgan fingerprint density at radius 1 is 1.14 bits per heavy atom. The first kappa shape index (κ1) is 18.0. The Morgan fingerprint density at radius 2 is 1.93 bits per heavy atom. The van der Waals surface area contributed by atoms with E-state index in [2.05, 4.69) is 21.1 Å². The van der Waals surface area contributed by atoms with E-state index >= 15 is 0 Å². The summed E-state index contributed by atoms with van der Waals surface area (Å²) in [6.45, 7) is 2.01. The standard InChI is InChI=1S/C21H18N8/c1-12-8-9-26-17-7-6-13(10-16(12)17)19-18(15-5-3-2-4-14(15)11-22)27-20(23)21(28-24)29(19)25/h2-10H,24-25H2,1H3,(H2,23,27)/b28-21-. The average Bonchev–Trinajstić information content (AvgIpc) is 2.74. The number of nitrogens with zero attached hydrogens (tertiary/aromatic N) is 5. The minimum Gasteiger partial charge on any atom is -0.380 e. The molecule has 0 amide bonds. The van der Waals surface area contributed by atoms with Crippen LogP contribution in [0, 0.1) is 18.3 Å². The van der Waals surface area contributed by atoms with Gasteiger partial charge in [-0.15, -0.1) is 0 Å². The summed E-state index contributed by atoms with van der Waals surface area (Å²) in [6, 6.07) is 17.0. The lowest BCUT2D eigenvalue weighted by Gasteiger charge is -2.17. The summed E-state index contributed by atoms with van der Waals surface area (Å²) in [5.74, 6) is 11.9. The van der Waals surface area contributed by atoms with Crippen molar-refractivity contribution in [3.8, 4) is 28.6 Å². The molecule has 8 nitrogen and oxygen atoms in total. The minimum atomic E-state index is 0.0696. The van der Waals surface area contributed by atoms with Crippen LogP contribution < -0.4 is 22.9 Å². The van der Waals surface area contributed by atoms with Crippen molar-refractivity contribution in [2.75, 3.05) is 11.6 Å². The summed E-state index contributed by atoms with van der Waals surface area (Å²) in [5.41, 5.74) is 11.0.